The molecule has 0 aliphatic rings. The number of rotatable bonds is 4. The number of benzene rings is 1. The first-order valence-electron chi connectivity index (χ1n) is 4.53. The third-order valence-electron chi connectivity index (χ3n) is 2.11. The molecule has 6 heteroatoms. The second-order valence-corrected chi connectivity index (χ2v) is 4.59. The number of aliphatic carboxylic acids is 1. The number of carboxylic acid groups (broad SMARTS) is 1. The van der Waals surface area contributed by atoms with Gasteiger partial charge in [-0.2, -0.15) is 0 Å². The molecule has 0 radical (unpaired) electrons. The highest BCUT2D eigenvalue weighted by Gasteiger charge is 2.14. The number of nitrogens with two attached hydrogens (primary N) is 1. The van der Waals surface area contributed by atoms with Gasteiger partial charge in [-0.05, 0) is 40.0 Å². The molecule has 0 aliphatic heterocycles. The fraction of sp³-hybridized carbons (Fsp3) is 0.300. The van der Waals surface area contributed by atoms with E-state index in [-0.39, 0.29) is 22.3 Å². The minimum atomic E-state index is -0.923. The first-order valence-corrected chi connectivity index (χ1v) is 5.70. The first kappa shape index (κ1) is 13.4. The van der Waals surface area contributed by atoms with Crippen LogP contribution in [0.2, 0.25) is 5.02 Å². The molecule has 1 rings (SSSR count). The minimum absolute atomic E-state index is 0.0491. The molecule has 0 fully saturated rings. The van der Waals surface area contributed by atoms with Gasteiger partial charge in [0, 0.05) is 17.5 Å². The van der Waals surface area contributed by atoms with Crippen LogP contribution in [-0.4, -0.2) is 11.1 Å². The van der Waals surface area contributed by atoms with Crippen molar-refractivity contribution in [1.82, 2.24) is 0 Å². The molecule has 1 atom stereocenters. The smallest absolute Gasteiger partial charge is 0.303 e. The van der Waals surface area contributed by atoms with Crippen molar-refractivity contribution in [2.45, 2.75) is 18.9 Å². The molecule has 0 bridgehead atoms. The topological polar surface area (TPSA) is 63.3 Å². The summed E-state index contributed by atoms with van der Waals surface area (Å²) in [5, 5.41) is 8.73. The highest BCUT2D eigenvalue weighted by molar-refractivity contribution is 9.10. The third-order valence-corrected chi connectivity index (χ3v) is 3.04. The molecule has 0 aromatic heterocycles. The van der Waals surface area contributed by atoms with Crippen LogP contribution in [-0.2, 0) is 4.79 Å². The van der Waals surface area contributed by atoms with E-state index in [1.54, 1.807) is 0 Å². The Balaban J connectivity index is 2.86. The van der Waals surface area contributed by atoms with E-state index in [0.717, 1.165) is 6.07 Å². The first-order chi connectivity index (χ1) is 7.41. The normalized spacial score (nSPS) is 12.5. The average Bonchev–Trinajstić information content (AvgIpc) is 2.20. The lowest BCUT2D eigenvalue weighted by Gasteiger charge is -2.13. The fourth-order valence-electron chi connectivity index (χ4n) is 1.26. The summed E-state index contributed by atoms with van der Waals surface area (Å²) < 4.78 is 13.3. The van der Waals surface area contributed by atoms with Crippen molar-refractivity contribution in [1.29, 1.82) is 0 Å². The van der Waals surface area contributed by atoms with E-state index in [1.165, 1.54) is 6.07 Å². The zero-order chi connectivity index (χ0) is 12.3. The Morgan fingerprint density at radius 2 is 2.25 bits per heavy atom. The van der Waals surface area contributed by atoms with Gasteiger partial charge in [-0.15, -0.1) is 0 Å². The predicted octanol–water partition coefficient (Wildman–Crippen LogP) is 3.11. The molecule has 0 heterocycles. The van der Waals surface area contributed by atoms with Crippen molar-refractivity contribution in [2.75, 3.05) is 0 Å². The summed E-state index contributed by atoms with van der Waals surface area (Å²) >= 11 is 8.85. The van der Waals surface area contributed by atoms with E-state index in [2.05, 4.69) is 15.9 Å². The highest BCUT2D eigenvalue weighted by atomic mass is 79.9. The molecular formula is C10H10BrClFNO2. The largest absolute Gasteiger partial charge is 0.481 e. The van der Waals surface area contributed by atoms with Gasteiger partial charge in [-0.1, -0.05) is 11.6 Å². The van der Waals surface area contributed by atoms with E-state index in [1.807, 2.05) is 0 Å². The van der Waals surface area contributed by atoms with Crippen molar-refractivity contribution >= 4 is 33.5 Å². The number of hydrogen-bond donors (Lipinski definition) is 2. The van der Waals surface area contributed by atoms with Crippen LogP contribution in [0.3, 0.4) is 0 Å². The van der Waals surface area contributed by atoms with Gasteiger partial charge in [0.05, 0.1) is 4.47 Å². The molecule has 0 spiro atoms. The van der Waals surface area contributed by atoms with E-state index in [4.69, 9.17) is 22.4 Å². The molecule has 3 N–H and O–H groups in total. The maximum Gasteiger partial charge on any atom is 0.303 e. The zero-order valence-electron chi connectivity index (χ0n) is 8.21. The number of hydrogen-bond acceptors (Lipinski definition) is 2. The molecule has 1 aromatic carbocycles. The second kappa shape index (κ2) is 5.61. The second-order valence-electron chi connectivity index (χ2n) is 3.33. The molecule has 0 saturated carbocycles. The molecule has 1 aromatic rings. The van der Waals surface area contributed by atoms with Gasteiger partial charge in [-0.3, -0.25) is 4.79 Å². The van der Waals surface area contributed by atoms with Gasteiger partial charge in [0.15, 0.2) is 0 Å². The summed E-state index contributed by atoms with van der Waals surface area (Å²) in [4.78, 5) is 10.4. The molecule has 1 unspecified atom stereocenters. The lowest BCUT2D eigenvalue weighted by Crippen LogP contribution is -2.13. The molecule has 0 saturated heterocycles. The monoisotopic (exact) mass is 309 g/mol. The van der Waals surface area contributed by atoms with Crippen LogP contribution in [0.5, 0.6) is 0 Å². The van der Waals surface area contributed by atoms with Gasteiger partial charge < -0.3 is 10.8 Å². The maximum atomic E-state index is 13.1. The van der Waals surface area contributed by atoms with E-state index < -0.39 is 17.8 Å². The quantitative estimate of drug-likeness (QED) is 0.840. The number of halogens is 3. The van der Waals surface area contributed by atoms with Crippen LogP contribution < -0.4 is 5.73 Å². The van der Waals surface area contributed by atoms with Gasteiger partial charge in [0.25, 0.3) is 0 Å². The minimum Gasteiger partial charge on any atom is -0.481 e. The van der Waals surface area contributed by atoms with Crippen LogP contribution in [0.25, 0.3) is 0 Å². The average molecular weight is 311 g/mol. The van der Waals surface area contributed by atoms with Crippen molar-refractivity contribution in [2.24, 2.45) is 5.73 Å². The van der Waals surface area contributed by atoms with E-state index in [9.17, 15) is 9.18 Å². The van der Waals surface area contributed by atoms with Gasteiger partial charge in [0.1, 0.15) is 5.82 Å². The van der Waals surface area contributed by atoms with Gasteiger partial charge in [0.2, 0.25) is 0 Å². The summed E-state index contributed by atoms with van der Waals surface area (Å²) in [7, 11) is 0. The highest BCUT2D eigenvalue weighted by Crippen LogP contribution is 2.29. The molecule has 88 valence electrons. The molecular weight excluding hydrogens is 300 g/mol. The van der Waals surface area contributed by atoms with E-state index in [0.29, 0.717) is 5.56 Å². The summed E-state index contributed by atoms with van der Waals surface area (Å²) in [5.74, 6) is -1.40. The molecule has 16 heavy (non-hydrogen) atoms. The maximum absolute atomic E-state index is 13.1. The van der Waals surface area contributed by atoms with Gasteiger partial charge >= 0.3 is 5.97 Å². The van der Waals surface area contributed by atoms with Crippen molar-refractivity contribution in [3.63, 3.8) is 0 Å². The predicted molar refractivity (Wildman–Crippen MR) is 62.9 cm³/mol. The Bertz CT molecular complexity index is 414. The Labute approximate surface area is 106 Å². The Morgan fingerprint density at radius 3 is 2.81 bits per heavy atom. The molecule has 0 aliphatic carbocycles. The summed E-state index contributed by atoms with van der Waals surface area (Å²) in [5.41, 5.74) is 6.31. The lowest BCUT2D eigenvalue weighted by molar-refractivity contribution is -0.137. The van der Waals surface area contributed by atoms with Gasteiger partial charge in [-0.25, -0.2) is 4.39 Å². The van der Waals surface area contributed by atoms with Crippen molar-refractivity contribution < 1.29 is 14.3 Å². The number of carboxylic acids is 1. The van der Waals surface area contributed by atoms with Crippen LogP contribution in [0.4, 0.5) is 4.39 Å². The van der Waals surface area contributed by atoms with Crippen LogP contribution in [0, 0.1) is 5.82 Å². The van der Waals surface area contributed by atoms with Crippen LogP contribution >= 0.6 is 27.5 Å². The standard InChI is InChI=1S/C10H10BrClFNO2/c11-6-3-5(7(12)4-8(6)13)9(14)1-2-10(15)16/h3-4,9H,1-2,14H2,(H,15,16). The Morgan fingerprint density at radius 1 is 1.62 bits per heavy atom. The molecule has 3 nitrogen and oxygen atoms in total. The molecule has 0 amide bonds. The lowest BCUT2D eigenvalue weighted by atomic mass is 10.0. The van der Waals surface area contributed by atoms with E-state index >= 15 is 0 Å². The SMILES string of the molecule is NC(CCC(=O)O)c1cc(Br)c(F)cc1Cl. The van der Waals surface area contributed by atoms with Crippen LogP contribution in [0.1, 0.15) is 24.4 Å². The summed E-state index contributed by atoms with van der Waals surface area (Å²) in [6.07, 6.45) is 0.208. The van der Waals surface area contributed by atoms with Crippen molar-refractivity contribution in [3.8, 4) is 0 Å². The third kappa shape index (κ3) is 3.43. The summed E-state index contributed by atoms with van der Waals surface area (Å²) in [6, 6.07) is 2.12. The zero-order valence-corrected chi connectivity index (χ0v) is 10.6. The summed E-state index contributed by atoms with van der Waals surface area (Å²) in [6.45, 7) is 0. The number of carbonyl (C=O) groups is 1. The fourth-order valence-corrected chi connectivity index (χ4v) is 1.91. The van der Waals surface area contributed by atoms with Crippen molar-refractivity contribution in [3.05, 3.63) is 33.0 Å². The van der Waals surface area contributed by atoms with Crippen LogP contribution in [0.15, 0.2) is 16.6 Å². The Hall–Kier alpha value is -0.650. The Kier molecular flexibility index (Phi) is 4.70.